The molecule has 0 radical (unpaired) electrons. The van der Waals surface area contributed by atoms with Gasteiger partial charge in [0.1, 0.15) is 0 Å². The minimum absolute atomic E-state index is 0.460. The molecule has 1 atom stereocenters. The molecule has 1 unspecified atom stereocenters. The zero-order valence-electron chi connectivity index (χ0n) is 11.1. The predicted octanol–water partition coefficient (Wildman–Crippen LogP) is 3.51. The predicted molar refractivity (Wildman–Crippen MR) is 75.9 cm³/mol. The topological polar surface area (TPSA) is 29.9 Å². The Hall–Kier alpha value is -1.77. The number of hydrogen-bond donors (Lipinski definition) is 1. The number of rotatable bonds is 6. The SMILES string of the molecule is CCNc1nccn1C(C)CCc1ccccc1. The normalized spacial score (nSPS) is 12.3. The molecule has 0 fully saturated rings. The maximum absolute atomic E-state index is 4.33. The molecule has 2 rings (SSSR count). The number of benzene rings is 1. The number of nitrogens with one attached hydrogen (secondary N) is 1. The highest BCUT2D eigenvalue weighted by Gasteiger charge is 2.09. The lowest BCUT2D eigenvalue weighted by Gasteiger charge is -2.16. The number of aromatic nitrogens is 2. The fraction of sp³-hybridized carbons (Fsp3) is 0.400. The van der Waals surface area contributed by atoms with Crippen LogP contribution in [-0.2, 0) is 6.42 Å². The molecule has 0 aliphatic heterocycles. The second-order valence-electron chi connectivity index (χ2n) is 4.56. The van der Waals surface area contributed by atoms with Gasteiger partial charge in [0, 0.05) is 25.0 Å². The van der Waals surface area contributed by atoms with Gasteiger partial charge in [-0.2, -0.15) is 0 Å². The van der Waals surface area contributed by atoms with Crippen LogP contribution < -0.4 is 5.32 Å². The first kappa shape index (κ1) is 12.7. The van der Waals surface area contributed by atoms with Gasteiger partial charge in [-0.25, -0.2) is 4.98 Å². The Morgan fingerprint density at radius 2 is 2.06 bits per heavy atom. The lowest BCUT2D eigenvalue weighted by Crippen LogP contribution is -2.11. The minimum Gasteiger partial charge on any atom is -0.356 e. The molecule has 3 heteroatoms. The van der Waals surface area contributed by atoms with Gasteiger partial charge >= 0.3 is 0 Å². The van der Waals surface area contributed by atoms with Crippen LogP contribution >= 0.6 is 0 Å². The van der Waals surface area contributed by atoms with Crippen LogP contribution in [-0.4, -0.2) is 16.1 Å². The van der Waals surface area contributed by atoms with Gasteiger partial charge in [0.25, 0.3) is 0 Å². The average Bonchev–Trinajstić information content (AvgIpc) is 2.86. The Kier molecular flexibility index (Phi) is 4.40. The minimum atomic E-state index is 0.460. The molecule has 0 bridgehead atoms. The summed E-state index contributed by atoms with van der Waals surface area (Å²) in [5.41, 5.74) is 1.40. The molecule has 1 aromatic heterocycles. The largest absolute Gasteiger partial charge is 0.356 e. The van der Waals surface area contributed by atoms with Gasteiger partial charge < -0.3 is 9.88 Å². The van der Waals surface area contributed by atoms with Crippen molar-refractivity contribution in [2.24, 2.45) is 0 Å². The van der Waals surface area contributed by atoms with Crippen molar-refractivity contribution >= 4 is 5.95 Å². The molecule has 0 spiro atoms. The smallest absolute Gasteiger partial charge is 0.203 e. The molecule has 1 heterocycles. The highest BCUT2D eigenvalue weighted by Crippen LogP contribution is 2.18. The van der Waals surface area contributed by atoms with Crippen molar-refractivity contribution in [1.29, 1.82) is 0 Å². The third-order valence-electron chi connectivity index (χ3n) is 3.17. The molecule has 0 aliphatic carbocycles. The maximum atomic E-state index is 4.33. The molecular weight excluding hydrogens is 222 g/mol. The number of anilines is 1. The molecule has 2 aromatic rings. The van der Waals surface area contributed by atoms with Crippen LogP contribution in [0.3, 0.4) is 0 Å². The monoisotopic (exact) mass is 243 g/mol. The van der Waals surface area contributed by atoms with E-state index in [1.165, 1.54) is 5.56 Å². The Morgan fingerprint density at radius 1 is 1.28 bits per heavy atom. The summed E-state index contributed by atoms with van der Waals surface area (Å²) in [4.78, 5) is 4.33. The van der Waals surface area contributed by atoms with Crippen LogP contribution in [0.1, 0.15) is 31.9 Å². The van der Waals surface area contributed by atoms with Gasteiger partial charge in [0.2, 0.25) is 5.95 Å². The Balaban J connectivity index is 1.95. The zero-order valence-corrected chi connectivity index (χ0v) is 11.1. The third-order valence-corrected chi connectivity index (χ3v) is 3.17. The summed E-state index contributed by atoms with van der Waals surface area (Å²) in [5, 5.41) is 3.29. The van der Waals surface area contributed by atoms with Crippen LogP contribution in [0.25, 0.3) is 0 Å². The quantitative estimate of drug-likeness (QED) is 0.841. The molecule has 18 heavy (non-hydrogen) atoms. The van der Waals surface area contributed by atoms with E-state index in [1.54, 1.807) is 0 Å². The first-order chi connectivity index (χ1) is 8.81. The van der Waals surface area contributed by atoms with Gasteiger partial charge in [-0.15, -0.1) is 0 Å². The van der Waals surface area contributed by atoms with Crippen molar-refractivity contribution < 1.29 is 0 Å². The molecule has 1 aromatic carbocycles. The van der Waals surface area contributed by atoms with Gasteiger partial charge in [0.15, 0.2) is 0 Å². The van der Waals surface area contributed by atoms with E-state index in [-0.39, 0.29) is 0 Å². The number of aryl methyl sites for hydroxylation is 1. The highest BCUT2D eigenvalue weighted by molar-refractivity contribution is 5.26. The van der Waals surface area contributed by atoms with Gasteiger partial charge in [-0.05, 0) is 32.3 Å². The van der Waals surface area contributed by atoms with Crippen molar-refractivity contribution in [3.63, 3.8) is 0 Å². The summed E-state index contributed by atoms with van der Waals surface area (Å²) in [6.07, 6.45) is 6.13. The molecule has 0 saturated carbocycles. The summed E-state index contributed by atoms with van der Waals surface area (Å²) in [6.45, 7) is 5.24. The van der Waals surface area contributed by atoms with E-state index >= 15 is 0 Å². The second-order valence-corrected chi connectivity index (χ2v) is 4.56. The molecule has 1 N–H and O–H groups in total. The molecule has 96 valence electrons. The molecule has 0 amide bonds. The maximum Gasteiger partial charge on any atom is 0.203 e. The van der Waals surface area contributed by atoms with Crippen molar-refractivity contribution in [3.05, 3.63) is 48.3 Å². The van der Waals surface area contributed by atoms with E-state index in [9.17, 15) is 0 Å². The fourth-order valence-corrected chi connectivity index (χ4v) is 2.12. The number of imidazole rings is 1. The third kappa shape index (κ3) is 3.13. The van der Waals surface area contributed by atoms with Crippen molar-refractivity contribution in [2.45, 2.75) is 32.7 Å². The van der Waals surface area contributed by atoms with E-state index in [2.05, 4.69) is 59.0 Å². The lowest BCUT2D eigenvalue weighted by molar-refractivity contribution is 0.511. The Morgan fingerprint density at radius 3 is 2.78 bits per heavy atom. The van der Waals surface area contributed by atoms with E-state index in [0.29, 0.717) is 6.04 Å². The molecule has 3 nitrogen and oxygen atoms in total. The zero-order chi connectivity index (χ0) is 12.8. The highest BCUT2D eigenvalue weighted by atomic mass is 15.2. The van der Waals surface area contributed by atoms with Crippen molar-refractivity contribution in [2.75, 3.05) is 11.9 Å². The van der Waals surface area contributed by atoms with Crippen LogP contribution in [0.5, 0.6) is 0 Å². The van der Waals surface area contributed by atoms with Crippen LogP contribution in [0, 0.1) is 0 Å². The second kappa shape index (κ2) is 6.24. The Bertz CT molecular complexity index is 462. The molecular formula is C15H21N3. The number of nitrogens with zero attached hydrogens (tertiary/aromatic N) is 2. The molecule has 0 saturated heterocycles. The first-order valence-corrected chi connectivity index (χ1v) is 6.62. The van der Waals surface area contributed by atoms with E-state index < -0.39 is 0 Å². The van der Waals surface area contributed by atoms with Crippen molar-refractivity contribution in [1.82, 2.24) is 9.55 Å². The van der Waals surface area contributed by atoms with Gasteiger partial charge in [0.05, 0.1) is 0 Å². The van der Waals surface area contributed by atoms with Gasteiger partial charge in [-0.3, -0.25) is 0 Å². The van der Waals surface area contributed by atoms with Crippen LogP contribution in [0.15, 0.2) is 42.7 Å². The van der Waals surface area contributed by atoms with Gasteiger partial charge in [-0.1, -0.05) is 30.3 Å². The summed E-state index contributed by atoms with van der Waals surface area (Å²) in [5.74, 6) is 0.970. The summed E-state index contributed by atoms with van der Waals surface area (Å²) in [7, 11) is 0. The van der Waals surface area contributed by atoms with Crippen LogP contribution in [0.2, 0.25) is 0 Å². The lowest BCUT2D eigenvalue weighted by atomic mass is 10.1. The summed E-state index contributed by atoms with van der Waals surface area (Å²) < 4.78 is 2.21. The Labute approximate surface area is 109 Å². The standard InChI is InChI=1S/C15H21N3/c1-3-16-15-17-11-12-18(15)13(2)9-10-14-7-5-4-6-8-14/h4-8,11-13H,3,9-10H2,1-2H3,(H,16,17). The van der Waals surface area contributed by atoms with E-state index in [0.717, 1.165) is 25.3 Å². The summed E-state index contributed by atoms with van der Waals surface area (Å²) >= 11 is 0. The first-order valence-electron chi connectivity index (χ1n) is 6.62. The van der Waals surface area contributed by atoms with E-state index in [4.69, 9.17) is 0 Å². The molecule has 0 aliphatic rings. The fourth-order valence-electron chi connectivity index (χ4n) is 2.12. The van der Waals surface area contributed by atoms with Crippen LogP contribution in [0.4, 0.5) is 5.95 Å². The number of hydrogen-bond acceptors (Lipinski definition) is 2. The summed E-state index contributed by atoms with van der Waals surface area (Å²) in [6, 6.07) is 11.1. The van der Waals surface area contributed by atoms with E-state index in [1.807, 2.05) is 12.4 Å². The average molecular weight is 243 g/mol. The van der Waals surface area contributed by atoms with Crippen molar-refractivity contribution in [3.8, 4) is 0 Å².